The molecule has 0 aliphatic carbocycles. The molecule has 1 unspecified atom stereocenters. The number of hydrogen-bond donors (Lipinski definition) is 1. The third-order valence-corrected chi connectivity index (χ3v) is 4.06. The minimum absolute atomic E-state index is 0. The Hall–Kier alpha value is 0.0274. The molecule has 3 nitrogen and oxygen atoms in total. The number of carbonyl (C=O) groups excluding carboxylic acids is 1. The number of carboxylic acids is 1. The first kappa shape index (κ1) is 24.3. The molecule has 0 spiro atoms. The van der Waals surface area contributed by atoms with Crippen molar-refractivity contribution in [2.45, 2.75) is 109 Å². The third-order valence-electron chi connectivity index (χ3n) is 4.06. The van der Waals surface area contributed by atoms with E-state index in [1.54, 1.807) is 0 Å². The normalized spacial score (nSPS) is 11.9. The van der Waals surface area contributed by atoms with Crippen LogP contribution in [0.5, 0.6) is 0 Å². The molecule has 0 bridgehead atoms. The number of aliphatic hydroxyl groups excluding tert-OH is 1. The maximum absolute atomic E-state index is 10.2. The number of aliphatic carboxylic acids is 1. The molecule has 1 N–H and O–H groups in total. The first-order valence-electron chi connectivity index (χ1n) is 9.04. The fourth-order valence-electron chi connectivity index (χ4n) is 2.66. The molecule has 0 aromatic heterocycles. The Labute approximate surface area is 149 Å². The largest absolute Gasteiger partial charge is 1.00 e. The predicted octanol–water partition coefficient (Wildman–Crippen LogP) is 0.973. The molecule has 0 amide bonds. The van der Waals surface area contributed by atoms with Gasteiger partial charge in [-0.25, -0.2) is 0 Å². The van der Waals surface area contributed by atoms with E-state index in [9.17, 15) is 15.0 Å². The van der Waals surface area contributed by atoms with E-state index in [2.05, 4.69) is 6.92 Å². The molecule has 126 valence electrons. The summed E-state index contributed by atoms with van der Waals surface area (Å²) >= 11 is 0. The molecule has 0 saturated carbocycles. The first-order chi connectivity index (χ1) is 10.2. The average molecular weight is 306 g/mol. The fourth-order valence-corrected chi connectivity index (χ4v) is 2.66. The van der Waals surface area contributed by atoms with Crippen LogP contribution in [0.4, 0.5) is 0 Å². The summed E-state index contributed by atoms with van der Waals surface area (Å²) in [4.78, 5) is 10.2. The smallest absolute Gasteiger partial charge is 0.550 e. The second-order valence-electron chi connectivity index (χ2n) is 6.24. The van der Waals surface area contributed by atoms with E-state index in [4.69, 9.17) is 0 Å². The summed E-state index contributed by atoms with van der Waals surface area (Å²) in [5.74, 6) is -0.967. The van der Waals surface area contributed by atoms with Gasteiger partial charge >= 0.3 is 18.9 Å². The third kappa shape index (κ3) is 20.0. The Morgan fingerprint density at radius 1 is 0.818 bits per heavy atom. The molecule has 4 heteroatoms. The van der Waals surface area contributed by atoms with Crippen LogP contribution < -0.4 is 24.0 Å². The summed E-state index contributed by atoms with van der Waals surface area (Å²) in [6, 6.07) is 0. The predicted molar refractivity (Wildman–Crippen MR) is 85.9 cm³/mol. The molecular weight excluding hydrogens is 271 g/mol. The molecule has 0 aromatic carbocycles. The summed E-state index contributed by atoms with van der Waals surface area (Å²) in [5.41, 5.74) is 0. The summed E-state index contributed by atoms with van der Waals surface area (Å²) in [6.07, 6.45) is 15.9. The van der Waals surface area contributed by atoms with Crippen molar-refractivity contribution in [2.24, 2.45) is 0 Å². The van der Waals surface area contributed by atoms with Gasteiger partial charge in [0.15, 0.2) is 0 Å². The zero-order valence-electron chi connectivity index (χ0n) is 14.9. The summed E-state index contributed by atoms with van der Waals surface area (Å²) in [5, 5.41) is 20.1. The molecule has 0 heterocycles. The second-order valence-corrected chi connectivity index (χ2v) is 6.24. The van der Waals surface area contributed by atoms with Crippen molar-refractivity contribution in [3.05, 3.63) is 0 Å². The van der Waals surface area contributed by atoms with E-state index >= 15 is 0 Å². The molecule has 0 radical (unpaired) electrons. The summed E-state index contributed by atoms with van der Waals surface area (Å²) in [6.45, 7) is 2.24. The van der Waals surface area contributed by atoms with Gasteiger partial charge in [0.1, 0.15) is 0 Å². The number of hydrogen-bond acceptors (Lipinski definition) is 3. The Morgan fingerprint density at radius 3 is 1.68 bits per heavy atom. The van der Waals surface area contributed by atoms with Crippen LogP contribution in [0.1, 0.15) is 103 Å². The van der Waals surface area contributed by atoms with Gasteiger partial charge in [-0.3, -0.25) is 0 Å². The zero-order chi connectivity index (χ0) is 15.8. The maximum atomic E-state index is 10.2. The van der Waals surface area contributed by atoms with Gasteiger partial charge in [0, 0.05) is 5.97 Å². The maximum Gasteiger partial charge on any atom is 1.00 e. The van der Waals surface area contributed by atoms with Gasteiger partial charge in [0.2, 0.25) is 0 Å². The minimum Gasteiger partial charge on any atom is -0.550 e. The van der Waals surface area contributed by atoms with E-state index in [1.165, 1.54) is 51.4 Å². The first-order valence-corrected chi connectivity index (χ1v) is 9.04. The molecule has 0 aliphatic rings. The summed E-state index contributed by atoms with van der Waals surface area (Å²) in [7, 11) is 0. The van der Waals surface area contributed by atoms with Gasteiger partial charge in [-0.1, -0.05) is 77.6 Å². The van der Waals surface area contributed by atoms with Crippen molar-refractivity contribution in [3.8, 4) is 0 Å². The number of carbonyl (C=O) groups is 1. The van der Waals surface area contributed by atoms with Gasteiger partial charge < -0.3 is 15.0 Å². The second kappa shape index (κ2) is 19.1. The van der Waals surface area contributed by atoms with Crippen molar-refractivity contribution >= 4 is 5.97 Å². The SMILES string of the molecule is CCCCCCCCCCCC(O)CCCCCC(=O)[O-].[Li+]. The topological polar surface area (TPSA) is 60.4 Å². The van der Waals surface area contributed by atoms with Gasteiger partial charge in [0.25, 0.3) is 0 Å². The van der Waals surface area contributed by atoms with Crippen molar-refractivity contribution in [2.75, 3.05) is 0 Å². The van der Waals surface area contributed by atoms with Crippen molar-refractivity contribution in [3.63, 3.8) is 0 Å². The van der Waals surface area contributed by atoms with Gasteiger partial charge in [-0.2, -0.15) is 0 Å². The van der Waals surface area contributed by atoms with E-state index in [-0.39, 0.29) is 31.4 Å². The number of aliphatic hydroxyl groups is 1. The zero-order valence-corrected chi connectivity index (χ0v) is 14.9. The molecule has 0 aliphatic heterocycles. The minimum atomic E-state index is -0.967. The fraction of sp³-hybridized carbons (Fsp3) is 0.944. The monoisotopic (exact) mass is 306 g/mol. The van der Waals surface area contributed by atoms with Gasteiger partial charge in [0.05, 0.1) is 6.10 Å². The van der Waals surface area contributed by atoms with Crippen molar-refractivity contribution in [1.82, 2.24) is 0 Å². The molecule has 0 saturated heterocycles. The Morgan fingerprint density at radius 2 is 1.23 bits per heavy atom. The molecule has 0 rings (SSSR count). The number of rotatable bonds is 16. The summed E-state index contributed by atoms with van der Waals surface area (Å²) < 4.78 is 0. The van der Waals surface area contributed by atoms with Crippen LogP contribution in [-0.2, 0) is 4.79 Å². The molecule has 1 atom stereocenters. The van der Waals surface area contributed by atoms with Gasteiger partial charge in [-0.15, -0.1) is 0 Å². The molecule has 0 aromatic rings. The standard InChI is InChI=1S/C18H36O3.Li/c1-2-3-4-5-6-7-8-9-11-14-17(19)15-12-10-13-16-18(20)21;/h17,19H,2-16H2,1H3,(H,20,21);/q;+1/p-1. The van der Waals surface area contributed by atoms with Gasteiger partial charge in [-0.05, 0) is 25.7 Å². The van der Waals surface area contributed by atoms with Crippen molar-refractivity contribution in [1.29, 1.82) is 0 Å². The van der Waals surface area contributed by atoms with E-state index in [0.717, 1.165) is 32.1 Å². The van der Waals surface area contributed by atoms with Crippen LogP contribution in [0.2, 0.25) is 0 Å². The Kier molecular flexibility index (Phi) is 21.1. The van der Waals surface area contributed by atoms with Crippen LogP contribution in [-0.4, -0.2) is 17.2 Å². The number of carboxylic acid groups (broad SMARTS) is 1. The van der Waals surface area contributed by atoms with Crippen molar-refractivity contribution < 1.29 is 33.9 Å². The number of unbranched alkanes of at least 4 members (excludes halogenated alkanes) is 10. The Bertz CT molecular complexity index is 234. The van der Waals surface area contributed by atoms with Crippen LogP contribution >= 0.6 is 0 Å². The van der Waals surface area contributed by atoms with E-state index in [1.807, 2.05) is 0 Å². The van der Waals surface area contributed by atoms with Crippen LogP contribution in [0.25, 0.3) is 0 Å². The van der Waals surface area contributed by atoms with Crippen LogP contribution in [0.3, 0.4) is 0 Å². The molecule has 0 fully saturated rings. The van der Waals surface area contributed by atoms with Crippen LogP contribution in [0, 0.1) is 0 Å². The Balaban J connectivity index is 0. The van der Waals surface area contributed by atoms with E-state index < -0.39 is 5.97 Å². The molecule has 22 heavy (non-hydrogen) atoms. The molecular formula is C18H35LiO3. The average Bonchev–Trinajstić information content (AvgIpc) is 2.45. The van der Waals surface area contributed by atoms with E-state index in [0.29, 0.717) is 6.42 Å². The quantitative estimate of drug-likeness (QED) is 0.341. The van der Waals surface area contributed by atoms with Crippen LogP contribution in [0.15, 0.2) is 0 Å².